The Hall–Kier alpha value is -2.98. The van der Waals surface area contributed by atoms with Crippen LogP contribution in [0.3, 0.4) is 0 Å². The molecule has 0 aliphatic carbocycles. The first-order valence-corrected chi connectivity index (χ1v) is 11.4. The van der Waals surface area contributed by atoms with Gasteiger partial charge in [-0.3, -0.25) is 0 Å². The zero-order chi connectivity index (χ0) is 22.5. The molecule has 0 radical (unpaired) electrons. The van der Waals surface area contributed by atoms with Crippen molar-refractivity contribution in [3.05, 3.63) is 88.2 Å². The van der Waals surface area contributed by atoms with Crippen LogP contribution in [-0.4, -0.2) is 16.2 Å². The van der Waals surface area contributed by atoms with Crippen LogP contribution >= 0.6 is 11.6 Å². The van der Waals surface area contributed by atoms with Gasteiger partial charge in [-0.05, 0) is 81.1 Å². The van der Waals surface area contributed by atoms with Crippen molar-refractivity contribution in [2.45, 2.75) is 46.8 Å². The van der Waals surface area contributed by atoms with E-state index in [0.717, 1.165) is 63.9 Å². The first kappa shape index (κ1) is 22.2. The summed E-state index contributed by atoms with van der Waals surface area (Å²) in [5, 5.41) is 0.810. The molecule has 0 spiro atoms. The van der Waals surface area contributed by atoms with Crippen LogP contribution in [0.25, 0.3) is 11.0 Å². The average Bonchev–Trinajstić information content (AvgIpc) is 3.14. The van der Waals surface area contributed by atoms with Crippen LogP contribution in [0.5, 0.6) is 11.5 Å². The van der Waals surface area contributed by atoms with Gasteiger partial charge in [0, 0.05) is 11.6 Å². The quantitative estimate of drug-likeness (QED) is 0.257. The summed E-state index contributed by atoms with van der Waals surface area (Å²) >= 11 is 6.25. The molecule has 4 aromatic rings. The van der Waals surface area contributed by atoms with Crippen LogP contribution in [0.2, 0.25) is 5.02 Å². The molecule has 0 fully saturated rings. The zero-order valence-corrected chi connectivity index (χ0v) is 19.7. The minimum atomic E-state index is 0.442. The maximum Gasteiger partial charge on any atom is 0.147 e. The summed E-state index contributed by atoms with van der Waals surface area (Å²) in [6.45, 7) is 8.07. The topological polar surface area (TPSA) is 36.3 Å². The van der Waals surface area contributed by atoms with E-state index < -0.39 is 0 Å². The van der Waals surface area contributed by atoms with Gasteiger partial charge < -0.3 is 14.0 Å². The number of hydrogen-bond acceptors (Lipinski definition) is 3. The van der Waals surface area contributed by atoms with E-state index in [1.54, 1.807) is 0 Å². The molecule has 0 bridgehead atoms. The number of para-hydroxylation sites is 2. The number of unbranched alkanes of at least 4 members (excludes halogenated alkanes) is 1. The molecular weight excluding hydrogens is 420 g/mol. The largest absolute Gasteiger partial charge is 0.494 e. The van der Waals surface area contributed by atoms with Crippen molar-refractivity contribution in [2.24, 2.45) is 0 Å². The fraction of sp³-hybridized carbons (Fsp3) is 0.296. The third-order valence-corrected chi connectivity index (χ3v) is 6.17. The van der Waals surface area contributed by atoms with E-state index in [-0.39, 0.29) is 0 Å². The molecule has 4 rings (SSSR count). The SMILES string of the molecule is Cc1ccc(OCc2nc3ccccc3n2CCCCOc2cc(C)c(Cl)c(C)c2)cc1. The van der Waals surface area contributed by atoms with Gasteiger partial charge in [-0.2, -0.15) is 0 Å². The highest BCUT2D eigenvalue weighted by molar-refractivity contribution is 6.32. The summed E-state index contributed by atoms with van der Waals surface area (Å²) in [7, 11) is 0. The van der Waals surface area contributed by atoms with Crippen molar-refractivity contribution in [1.82, 2.24) is 9.55 Å². The fourth-order valence-electron chi connectivity index (χ4n) is 3.82. The molecular formula is C27H29ClN2O2. The Labute approximate surface area is 194 Å². The third-order valence-electron chi connectivity index (χ3n) is 5.58. The Kier molecular flexibility index (Phi) is 7.01. The lowest BCUT2D eigenvalue weighted by molar-refractivity contribution is 0.285. The fourth-order valence-corrected chi connectivity index (χ4v) is 3.93. The summed E-state index contributed by atoms with van der Waals surface area (Å²) in [4.78, 5) is 4.81. The van der Waals surface area contributed by atoms with E-state index in [2.05, 4.69) is 41.8 Å². The van der Waals surface area contributed by atoms with Gasteiger partial charge in [0.15, 0.2) is 0 Å². The Morgan fingerprint density at radius 3 is 2.31 bits per heavy atom. The van der Waals surface area contributed by atoms with E-state index in [9.17, 15) is 0 Å². The van der Waals surface area contributed by atoms with Crippen LogP contribution in [0.1, 0.15) is 35.4 Å². The minimum absolute atomic E-state index is 0.442. The van der Waals surface area contributed by atoms with Gasteiger partial charge in [-0.15, -0.1) is 0 Å². The summed E-state index contributed by atoms with van der Waals surface area (Å²) in [6.07, 6.45) is 1.94. The number of rotatable bonds is 9. The lowest BCUT2D eigenvalue weighted by Gasteiger charge is -2.12. The molecule has 0 amide bonds. The van der Waals surface area contributed by atoms with Crippen LogP contribution in [0.15, 0.2) is 60.7 Å². The van der Waals surface area contributed by atoms with Crippen molar-refractivity contribution < 1.29 is 9.47 Å². The Morgan fingerprint density at radius 1 is 0.844 bits per heavy atom. The number of hydrogen-bond donors (Lipinski definition) is 0. The lowest BCUT2D eigenvalue weighted by Crippen LogP contribution is -2.09. The Balaban J connectivity index is 1.37. The van der Waals surface area contributed by atoms with Crippen LogP contribution in [0, 0.1) is 20.8 Å². The molecule has 166 valence electrons. The molecule has 0 aliphatic rings. The first-order valence-electron chi connectivity index (χ1n) is 11.0. The van der Waals surface area contributed by atoms with E-state index in [1.807, 2.05) is 44.2 Å². The van der Waals surface area contributed by atoms with Crippen molar-refractivity contribution in [3.63, 3.8) is 0 Å². The molecule has 0 unspecified atom stereocenters. The number of fused-ring (bicyclic) bond motifs is 1. The van der Waals surface area contributed by atoms with Crippen LogP contribution < -0.4 is 9.47 Å². The van der Waals surface area contributed by atoms with E-state index in [1.165, 1.54) is 5.56 Å². The van der Waals surface area contributed by atoms with Gasteiger partial charge in [-0.1, -0.05) is 41.4 Å². The maximum atomic E-state index is 6.25. The number of imidazole rings is 1. The molecule has 0 saturated carbocycles. The molecule has 5 heteroatoms. The minimum Gasteiger partial charge on any atom is -0.494 e. The van der Waals surface area contributed by atoms with Crippen LogP contribution in [-0.2, 0) is 13.2 Å². The summed E-state index contributed by atoms with van der Waals surface area (Å²) in [6, 6.07) is 20.4. The molecule has 0 atom stereocenters. The number of aromatic nitrogens is 2. The molecule has 1 aromatic heterocycles. The van der Waals surface area contributed by atoms with Crippen molar-refractivity contribution in [1.29, 1.82) is 0 Å². The number of nitrogens with zero attached hydrogens (tertiary/aromatic N) is 2. The smallest absolute Gasteiger partial charge is 0.147 e. The number of halogens is 1. The Bertz CT molecular complexity index is 1180. The van der Waals surface area contributed by atoms with Crippen molar-refractivity contribution in [2.75, 3.05) is 6.61 Å². The molecule has 0 aliphatic heterocycles. The van der Waals surface area contributed by atoms with E-state index in [0.29, 0.717) is 13.2 Å². The normalized spacial score (nSPS) is 11.1. The van der Waals surface area contributed by atoms with Crippen molar-refractivity contribution in [3.8, 4) is 11.5 Å². The van der Waals surface area contributed by atoms with Gasteiger partial charge in [-0.25, -0.2) is 4.98 Å². The van der Waals surface area contributed by atoms with E-state index in [4.69, 9.17) is 26.1 Å². The molecule has 32 heavy (non-hydrogen) atoms. The van der Waals surface area contributed by atoms with Gasteiger partial charge in [0.1, 0.15) is 23.9 Å². The molecule has 0 saturated heterocycles. The number of ether oxygens (including phenoxy) is 2. The van der Waals surface area contributed by atoms with Crippen molar-refractivity contribution >= 4 is 22.6 Å². The molecule has 1 heterocycles. The zero-order valence-electron chi connectivity index (χ0n) is 18.9. The summed E-state index contributed by atoms with van der Waals surface area (Å²) in [5.74, 6) is 2.68. The highest BCUT2D eigenvalue weighted by atomic mass is 35.5. The second-order valence-electron chi connectivity index (χ2n) is 8.20. The van der Waals surface area contributed by atoms with Gasteiger partial charge in [0.25, 0.3) is 0 Å². The monoisotopic (exact) mass is 448 g/mol. The standard InChI is InChI=1S/C27H29ClN2O2/c1-19-10-12-22(13-11-19)32-18-26-29-24-8-4-5-9-25(24)30(26)14-6-7-15-31-23-16-20(2)27(28)21(3)17-23/h4-5,8-13,16-17H,6-7,14-15,18H2,1-3H3. The third kappa shape index (κ3) is 5.25. The molecule has 4 nitrogen and oxygen atoms in total. The Morgan fingerprint density at radius 2 is 1.56 bits per heavy atom. The number of benzene rings is 3. The van der Waals surface area contributed by atoms with Gasteiger partial charge in [0.2, 0.25) is 0 Å². The second kappa shape index (κ2) is 10.1. The van der Waals surface area contributed by atoms with Gasteiger partial charge in [0.05, 0.1) is 17.6 Å². The summed E-state index contributed by atoms with van der Waals surface area (Å²) in [5.41, 5.74) is 5.45. The van der Waals surface area contributed by atoms with Crippen LogP contribution in [0.4, 0.5) is 0 Å². The van der Waals surface area contributed by atoms with Gasteiger partial charge >= 0.3 is 0 Å². The lowest BCUT2D eigenvalue weighted by atomic mass is 10.1. The second-order valence-corrected chi connectivity index (χ2v) is 8.57. The maximum absolute atomic E-state index is 6.25. The number of aryl methyl sites for hydroxylation is 4. The average molecular weight is 449 g/mol. The first-order chi connectivity index (χ1) is 15.5. The van der Waals surface area contributed by atoms with E-state index >= 15 is 0 Å². The molecule has 3 aromatic carbocycles. The predicted molar refractivity (Wildman–Crippen MR) is 131 cm³/mol. The molecule has 0 N–H and O–H groups in total. The highest BCUT2D eigenvalue weighted by Gasteiger charge is 2.11. The predicted octanol–water partition coefficient (Wildman–Crippen LogP) is 7.05. The summed E-state index contributed by atoms with van der Waals surface area (Å²) < 4.78 is 14.2. The highest BCUT2D eigenvalue weighted by Crippen LogP contribution is 2.26.